The third-order valence-electron chi connectivity index (χ3n) is 8.18. The molecule has 0 spiro atoms. The van der Waals surface area contributed by atoms with Gasteiger partial charge in [0, 0.05) is 31.4 Å². The number of rotatable bonds is 14. The smallest absolute Gasteiger partial charge is 0.407 e. The number of carbonyl (C=O) groups is 4. The lowest BCUT2D eigenvalue weighted by atomic mass is 9.91. The molecule has 41 heavy (non-hydrogen) atoms. The number of hydrogen-bond donors (Lipinski definition) is 2. The lowest BCUT2D eigenvalue weighted by molar-refractivity contribution is -0.142. The topological polar surface area (TPSA) is 130 Å². The number of nitrogens with one attached hydrogen (secondary N) is 2. The van der Waals surface area contributed by atoms with Crippen molar-refractivity contribution >= 4 is 35.2 Å². The summed E-state index contributed by atoms with van der Waals surface area (Å²) in [5.41, 5.74) is -0.512. The van der Waals surface area contributed by atoms with Gasteiger partial charge >= 0.3 is 12.1 Å². The Hall–Kier alpha value is -2.73. The first kappa shape index (κ1) is 34.5. The quantitative estimate of drug-likeness (QED) is 0.309. The third kappa shape index (κ3) is 8.64. The molecule has 2 heterocycles. The van der Waals surface area contributed by atoms with E-state index in [0.29, 0.717) is 18.0 Å². The lowest BCUT2D eigenvalue weighted by Gasteiger charge is -2.38. The van der Waals surface area contributed by atoms with Crippen LogP contribution >= 0.6 is 11.3 Å². The van der Waals surface area contributed by atoms with E-state index in [2.05, 4.69) is 15.6 Å². The van der Waals surface area contributed by atoms with E-state index in [1.165, 1.54) is 11.3 Å². The SMILES string of the molecule is CCNC(=O)O[C@H](C[C@H](C(C)C)N(C)C(=O)[C@@H](NC(=O)[C@@]1(C)CCCN1C)C(C)CC)c1nc(C(=O)OCC)cs1. The van der Waals surface area contributed by atoms with Crippen molar-refractivity contribution < 1.29 is 28.7 Å². The highest BCUT2D eigenvalue weighted by Gasteiger charge is 2.44. The number of nitrogens with zero attached hydrogens (tertiary/aromatic N) is 3. The van der Waals surface area contributed by atoms with Gasteiger partial charge < -0.3 is 25.0 Å². The Balaban J connectivity index is 2.34. The number of ether oxygens (including phenoxy) is 2. The Labute approximate surface area is 248 Å². The summed E-state index contributed by atoms with van der Waals surface area (Å²) in [5, 5.41) is 7.74. The van der Waals surface area contributed by atoms with E-state index in [-0.39, 0.29) is 48.4 Å². The first-order valence-electron chi connectivity index (χ1n) is 14.7. The summed E-state index contributed by atoms with van der Waals surface area (Å²) in [5.74, 6) is -0.990. The molecular formula is C29H49N5O6S. The molecule has 2 rings (SSSR count). The maximum atomic E-state index is 14.0. The maximum Gasteiger partial charge on any atom is 0.407 e. The number of thiazole rings is 1. The molecular weight excluding hydrogens is 546 g/mol. The number of likely N-dealkylation sites (tertiary alicyclic amines) is 1. The van der Waals surface area contributed by atoms with E-state index in [1.807, 2.05) is 46.6 Å². The van der Waals surface area contributed by atoms with Gasteiger partial charge in [0.2, 0.25) is 11.8 Å². The minimum absolute atomic E-state index is 0.0134. The monoisotopic (exact) mass is 595 g/mol. The molecule has 0 aromatic carbocycles. The highest BCUT2D eigenvalue weighted by molar-refractivity contribution is 7.09. The van der Waals surface area contributed by atoms with Crippen molar-refractivity contribution in [3.05, 3.63) is 16.1 Å². The number of alkyl carbamates (subject to hydrolysis) is 1. The molecule has 3 amide bonds. The summed E-state index contributed by atoms with van der Waals surface area (Å²) in [6.07, 6.45) is 1.22. The van der Waals surface area contributed by atoms with Gasteiger partial charge in [0.15, 0.2) is 11.8 Å². The van der Waals surface area contributed by atoms with Gasteiger partial charge in [-0.1, -0.05) is 34.1 Å². The molecule has 2 N–H and O–H groups in total. The number of hydrogen-bond acceptors (Lipinski definition) is 9. The summed E-state index contributed by atoms with van der Waals surface area (Å²) in [6.45, 7) is 14.8. The van der Waals surface area contributed by atoms with E-state index < -0.39 is 29.7 Å². The minimum Gasteiger partial charge on any atom is -0.461 e. The molecule has 1 aromatic heterocycles. The fraction of sp³-hybridized carbons (Fsp3) is 0.759. The predicted octanol–water partition coefficient (Wildman–Crippen LogP) is 4.00. The molecule has 1 unspecified atom stereocenters. The molecule has 232 valence electrons. The summed E-state index contributed by atoms with van der Waals surface area (Å²) >= 11 is 1.20. The van der Waals surface area contributed by atoms with Gasteiger partial charge in [-0.25, -0.2) is 14.6 Å². The van der Waals surface area contributed by atoms with Gasteiger partial charge in [0.05, 0.1) is 12.1 Å². The molecule has 0 radical (unpaired) electrons. The van der Waals surface area contributed by atoms with Crippen molar-refractivity contribution in [2.24, 2.45) is 11.8 Å². The standard InChI is InChI=1S/C29H49N5O6S/c1-10-19(6)23(32-27(37)29(7)14-13-15-33(29)8)25(35)34(9)21(18(4)5)16-22(40-28(38)30-11-2)24-31-20(17-41-24)26(36)39-12-3/h17-19,21-23H,10-16H2,1-9H3,(H,30,38)(H,32,37)/t19?,21-,22-,23+,29-/m1/s1. The molecule has 1 aromatic rings. The van der Waals surface area contributed by atoms with Crippen LogP contribution in [0.3, 0.4) is 0 Å². The van der Waals surface area contributed by atoms with Crippen LogP contribution in [0.15, 0.2) is 5.38 Å². The fourth-order valence-electron chi connectivity index (χ4n) is 5.09. The van der Waals surface area contributed by atoms with Crippen LogP contribution in [-0.2, 0) is 19.1 Å². The number of esters is 1. The van der Waals surface area contributed by atoms with E-state index in [4.69, 9.17) is 9.47 Å². The van der Waals surface area contributed by atoms with E-state index >= 15 is 0 Å². The Kier molecular flexibility index (Phi) is 13.0. The summed E-state index contributed by atoms with van der Waals surface area (Å²) in [6, 6.07) is -1.06. The van der Waals surface area contributed by atoms with Gasteiger partial charge in [0.25, 0.3) is 0 Å². The van der Waals surface area contributed by atoms with Crippen molar-refractivity contribution in [1.29, 1.82) is 0 Å². The second-order valence-corrected chi connectivity index (χ2v) is 12.2. The Bertz CT molecular complexity index is 1050. The van der Waals surface area contributed by atoms with Crippen LogP contribution in [0.25, 0.3) is 0 Å². The largest absolute Gasteiger partial charge is 0.461 e. The van der Waals surface area contributed by atoms with Crippen LogP contribution < -0.4 is 10.6 Å². The zero-order chi connectivity index (χ0) is 30.9. The third-order valence-corrected chi connectivity index (χ3v) is 9.11. The first-order valence-corrected chi connectivity index (χ1v) is 15.5. The van der Waals surface area contributed by atoms with Crippen LogP contribution in [0, 0.1) is 11.8 Å². The van der Waals surface area contributed by atoms with Crippen molar-refractivity contribution in [1.82, 2.24) is 25.4 Å². The van der Waals surface area contributed by atoms with Gasteiger partial charge in [0.1, 0.15) is 11.0 Å². The van der Waals surface area contributed by atoms with Crippen LogP contribution in [0.4, 0.5) is 4.79 Å². The maximum absolute atomic E-state index is 14.0. The Morgan fingerprint density at radius 1 is 1.20 bits per heavy atom. The second-order valence-electron chi connectivity index (χ2n) is 11.3. The molecule has 0 saturated carbocycles. The average Bonchev–Trinajstić information content (AvgIpc) is 3.56. The van der Waals surface area contributed by atoms with Crippen LogP contribution in [-0.4, -0.2) is 90.1 Å². The fourth-order valence-corrected chi connectivity index (χ4v) is 5.92. The van der Waals surface area contributed by atoms with Crippen molar-refractivity contribution in [2.75, 3.05) is 33.8 Å². The van der Waals surface area contributed by atoms with Crippen LogP contribution in [0.1, 0.15) is 95.7 Å². The number of likely N-dealkylation sites (N-methyl/N-ethyl adjacent to an activating group) is 2. The number of carbonyl (C=O) groups excluding carboxylic acids is 4. The van der Waals surface area contributed by atoms with Crippen molar-refractivity contribution in [3.63, 3.8) is 0 Å². The van der Waals surface area contributed by atoms with Gasteiger partial charge in [-0.15, -0.1) is 11.3 Å². The zero-order valence-corrected chi connectivity index (χ0v) is 26.9. The van der Waals surface area contributed by atoms with Crippen molar-refractivity contribution in [3.8, 4) is 0 Å². The molecule has 5 atom stereocenters. The number of amides is 3. The van der Waals surface area contributed by atoms with E-state index in [0.717, 1.165) is 19.4 Å². The molecule has 0 bridgehead atoms. The molecule has 0 aliphatic carbocycles. The highest BCUT2D eigenvalue weighted by atomic mass is 32.1. The van der Waals surface area contributed by atoms with Gasteiger partial charge in [-0.2, -0.15) is 0 Å². The highest BCUT2D eigenvalue weighted by Crippen LogP contribution is 2.32. The second kappa shape index (κ2) is 15.5. The summed E-state index contributed by atoms with van der Waals surface area (Å²) in [4.78, 5) is 60.3. The summed E-state index contributed by atoms with van der Waals surface area (Å²) in [7, 11) is 3.67. The predicted molar refractivity (Wildman–Crippen MR) is 159 cm³/mol. The average molecular weight is 596 g/mol. The first-order chi connectivity index (χ1) is 19.3. The van der Waals surface area contributed by atoms with Crippen LogP contribution in [0.5, 0.6) is 0 Å². The molecule has 12 heteroatoms. The number of aromatic nitrogens is 1. The molecule has 1 fully saturated rings. The summed E-state index contributed by atoms with van der Waals surface area (Å²) < 4.78 is 10.8. The van der Waals surface area contributed by atoms with Gasteiger partial charge in [-0.3, -0.25) is 14.5 Å². The Morgan fingerprint density at radius 3 is 2.41 bits per heavy atom. The normalized spacial score (nSPS) is 20.1. The van der Waals surface area contributed by atoms with Gasteiger partial charge in [-0.05, 0) is 59.0 Å². The molecule has 1 aliphatic heterocycles. The molecule has 1 saturated heterocycles. The molecule has 11 nitrogen and oxygen atoms in total. The zero-order valence-electron chi connectivity index (χ0n) is 26.1. The van der Waals surface area contributed by atoms with E-state index in [1.54, 1.807) is 31.2 Å². The Morgan fingerprint density at radius 2 is 1.88 bits per heavy atom. The minimum atomic E-state index is -0.805. The molecule has 1 aliphatic rings. The van der Waals surface area contributed by atoms with Crippen molar-refractivity contribution in [2.45, 2.75) is 97.9 Å². The van der Waals surface area contributed by atoms with Crippen LogP contribution in [0.2, 0.25) is 0 Å². The van der Waals surface area contributed by atoms with E-state index in [9.17, 15) is 19.2 Å². The lowest BCUT2D eigenvalue weighted by Crippen LogP contribution is -2.60.